The van der Waals surface area contributed by atoms with Crippen LogP contribution in [0.25, 0.3) is 0 Å². The summed E-state index contributed by atoms with van der Waals surface area (Å²) < 4.78 is 6.81. The Labute approximate surface area is 155 Å². The van der Waals surface area contributed by atoms with Crippen molar-refractivity contribution in [2.24, 2.45) is 12.0 Å². The number of amides is 1. The summed E-state index contributed by atoms with van der Waals surface area (Å²) in [6, 6.07) is 0. The van der Waals surface area contributed by atoms with E-state index in [1.165, 1.54) is 0 Å². The van der Waals surface area contributed by atoms with E-state index >= 15 is 0 Å². The van der Waals surface area contributed by atoms with Crippen molar-refractivity contribution in [3.63, 3.8) is 0 Å². The fourth-order valence-electron chi connectivity index (χ4n) is 2.03. The van der Waals surface area contributed by atoms with Crippen LogP contribution in [0.3, 0.4) is 0 Å². The van der Waals surface area contributed by atoms with Crippen LogP contribution in [0.1, 0.15) is 40.2 Å². The van der Waals surface area contributed by atoms with E-state index in [4.69, 9.17) is 4.74 Å². The molecule has 0 aliphatic heterocycles. The molecule has 0 saturated carbocycles. The summed E-state index contributed by atoms with van der Waals surface area (Å²) in [4.78, 5) is 16.0. The predicted octanol–water partition coefficient (Wildman–Crippen LogP) is 0.707. The van der Waals surface area contributed by atoms with Gasteiger partial charge in [-0.3, -0.25) is 4.68 Å². The van der Waals surface area contributed by atoms with Gasteiger partial charge in [-0.2, -0.15) is 5.10 Å². The molecule has 1 unspecified atom stereocenters. The molecule has 1 aromatic rings. The Kier molecular flexibility index (Phi) is 7.88. The maximum atomic E-state index is 11.6. The minimum absolute atomic E-state index is 0.174. The van der Waals surface area contributed by atoms with Crippen molar-refractivity contribution < 1.29 is 14.6 Å². The van der Waals surface area contributed by atoms with E-state index in [-0.39, 0.29) is 6.54 Å². The average Bonchev–Trinajstić information content (AvgIpc) is 2.94. The van der Waals surface area contributed by atoms with Crippen molar-refractivity contribution in [2.45, 2.75) is 45.8 Å². The zero-order valence-electron chi connectivity index (χ0n) is 16.6. The number of rotatable bonds is 7. The van der Waals surface area contributed by atoms with Crippen LogP contribution in [0.4, 0.5) is 4.79 Å². The molecular weight excluding hydrogens is 336 g/mol. The Morgan fingerprint density at radius 1 is 1.27 bits per heavy atom. The lowest BCUT2D eigenvalue weighted by atomic mass is 10.0. The number of aliphatic hydroxyl groups is 1. The summed E-state index contributed by atoms with van der Waals surface area (Å²) >= 11 is 0. The third kappa shape index (κ3) is 8.19. The molecule has 1 rings (SSSR count). The Morgan fingerprint density at radius 3 is 2.46 bits per heavy atom. The number of guanidine groups is 1. The highest BCUT2D eigenvalue weighted by Crippen LogP contribution is 2.19. The van der Waals surface area contributed by atoms with Crippen LogP contribution in [-0.4, -0.2) is 58.7 Å². The second kappa shape index (κ2) is 9.42. The second-order valence-corrected chi connectivity index (χ2v) is 7.23. The number of ether oxygens (including phenoxy) is 1. The standard InChI is InChI=1S/C17H32N6O3/c1-7-18-14(19-8-9-20-15(24)26-16(2,3)4)21-12-17(5,25)13-10-22-23(6)11-13/h10-11,25H,7-9,12H2,1-6H3,(H,20,24)(H2,18,19,21). The first-order chi connectivity index (χ1) is 12.0. The number of carbonyl (C=O) groups excluding carboxylic acids is 1. The molecule has 0 radical (unpaired) electrons. The molecule has 1 aromatic heterocycles. The van der Waals surface area contributed by atoms with Gasteiger partial charge in [0.2, 0.25) is 0 Å². The maximum absolute atomic E-state index is 11.6. The number of alkyl carbamates (subject to hydrolysis) is 1. The maximum Gasteiger partial charge on any atom is 0.407 e. The first-order valence-corrected chi connectivity index (χ1v) is 8.74. The lowest BCUT2D eigenvalue weighted by molar-refractivity contribution is 0.0528. The van der Waals surface area contributed by atoms with Crippen LogP contribution in [0.2, 0.25) is 0 Å². The predicted molar refractivity (Wildman–Crippen MR) is 101 cm³/mol. The van der Waals surface area contributed by atoms with Crippen molar-refractivity contribution in [2.75, 3.05) is 26.2 Å². The third-order valence-corrected chi connectivity index (χ3v) is 3.30. The van der Waals surface area contributed by atoms with E-state index in [1.54, 1.807) is 31.0 Å². The molecule has 1 atom stereocenters. The summed E-state index contributed by atoms with van der Waals surface area (Å²) in [6.45, 7) is 10.8. The molecule has 0 aliphatic carbocycles. The second-order valence-electron chi connectivity index (χ2n) is 7.23. The van der Waals surface area contributed by atoms with Gasteiger partial charge >= 0.3 is 6.09 Å². The normalized spacial score (nSPS) is 14.5. The van der Waals surface area contributed by atoms with E-state index in [0.717, 1.165) is 0 Å². The molecule has 1 amide bonds. The molecule has 9 heteroatoms. The number of hydrogen-bond acceptors (Lipinski definition) is 5. The quantitative estimate of drug-likeness (QED) is 0.320. The van der Waals surface area contributed by atoms with Crippen molar-refractivity contribution >= 4 is 12.1 Å². The third-order valence-electron chi connectivity index (χ3n) is 3.30. The highest BCUT2D eigenvalue weighted by molar-refractivity contribution is 5.79. The average molecular weight is 368 g/mol. The first kappa shape index (κ1) is 21.8. The van der Waals surface area contributed by atoms with Gasteiger partial charge in [0, 0.05) is 38.4 Å². The van der Waals surface area contributed by atoms with E-state index < -0.39 is 17.3 Å². The van der Waals surface area contributed by atoms with E-state index in [1.807, 2.05) is 27.7 Å². The summed E-state index contributed by atoms with van der Waals surface area (Å²) in [5, 5.41) is 23.5. The van der Waals surface area contributed by atoms with Crippen molar-refractivity contribution in [1.29, 1.82) is 0 Å². The SMILES string of the molecule is CCNC(=NCC(C)(O)c1cnn(C)c1)NCCNC(=O)OC(C)(C)C. The molecule has 4 N–H and O–H groups in total. The Hall–Kier alpha value is -2.29. The zero-order chi connectivity index (χ0) is 19.8. The van der Waals surface area contributed by atoms with Gasteiger partial charge in [-0.25, -0.2) is 9.79 Å². The van der Waals surface area contributed by atoms with Crippen LogP contribution in [0, 0.1) is 0 Å². The van der Waals surface area contributed by atoms with Gasteiger partial charge in [-0.1, -0.05) is 0 Å². The van der Waals surface area contributed by atoms with Crippen LogP contribution < -0.4 is 16.0 Å². The monoisotopic (exact) mass is 368 g/mol. The minimum atomic E-state index is -1.12. The molecular formula is C17H32N6O3. The summed E-state index contributed by atoms with van der Waals surface area (Å²) in [5.41, 5.74) is -0.942. The van der Waals surface area contributed by atoms with E-state index in [2.05, 4.69) is 26.0 Å². The highest BCUT2D eigenvalue weighted by atomic mass is 16.6. The molecule has 0 bridgehead atoms. The summed E-state index contributed by atoms with van der Waals surface area (Å²) in [5.74, 6) is 0.558. The van der Waals surface area contributed by atoms with Crippen molar-refractivity contribution in [3.05, 3.63) is 18.0 Å². The lowest BCUT2D eigenvalue weighted by Gasteiger charge is -2.21. The molecule has 0 fully saturated rings. The number of hydrogen-bond donors (Lipinski definition) is 4. The topological polar surface area (TPSA) is 113 Å². The fraction of sp³-hybridized carbons (Fsp3) is 0.706. The van der Waals surface area contributed by atoms with Gasteiger partial charge in [-0.05, 0) is 34.6 Å². The van der Waals surface area contributed by atoms with Crippen molar-refractivity contribution in [3.8, 4) is 0 Å². The van der Waals surface area contributed by atoms with Crippen LogP contribution in [-0.2, 0) is 17.4 Å². The Balaban J connectivity index is 2.49. The minimum Gasteiger partial charge on any atom is -0.444 e. The van der Waals surface area contributed by atoms with Gasteiger partial charge in [-0.15, -0.1) is 0 Å². The van der Waals surface area contributed by atoms with Crippen LogP contribution in [0.15, 0.2) is 17.4 Å². The lowest BCUT2D eigenvalue weighted by Crippen LogP contribution is -2.43. The Morgan fingerprint density at radius 2 is 1.92 bits per heavy atom. The molecule has 1 heterocycles. The number of aromatic nitrogens is 2. The molecule has 0 aromatic carbocycles. The largest absolute Gasteiger partial charge is 0.444 e. The van der Waals surface area contributed by atoms with Gasteiger partial charge < -0.3 is 25.8 Å². The molecule has 26 heavy (non-hydrogen) atoms. The number of aliphatic imine (C=N–C) groups is 1. The van der Waals surface area contributed by atoms with E-state index in [0.29, 0.717) is 31.2 Å². The van der Waals surface area contributed by atoms with E-state index in [9.17, 15) is 9.90 Å². The van der Waals surface area contributed by atoms with Crippen LogP contribution >= 0.6 is 0 Å². The fourth-order valence-corrected chi connectivity index (χ4v) is 2.03. The van der Waals surface area contributed by atoms with Gasteiger partial charge in [0.15, 0.2) is 5.96 Å². The molecule has 148 valence electrons. The van der Waals surface area contributed by atoms with Gasteiger partial charge in [0.25, 0.3) is 0 Å². The van der Waals surface area contributed by atoms with Gasteiger partial charge in [0.1, 0.15) is 11.2 Å². The molecule has 0 spiro atoms. The zero-order valence-corrected chi connectivity index (χ0v) is 16.6. The summed E-state index contributed by atoms with van der Waals surface area (Å²) in [7, 11) is 1.80. The van der Waals surface area contributed by atoms with Gasteiger partial charge in [0.05, 0.1) is 12.7 Å². The van der Waals surface area contributed by atoms with Crippen molar-refractivity contribution in [1.82, 2.24) is 25.7 Å². The first-order valence-electron chi connectivity index (χ1n) is 8.74. The Bertz CT molecular complexity index is 604. The number of nitrogens with zero attached hydrogens (tertiary/aromatic N) is 3. The smallest absolute Gasteiger partial charge is 0.407 e. The number of aryl methyl sites for hydroxylation is 1. The number of nitrogens with one attached hydrogen (secondary N) is 3. The molecule has 9 nitrogen and oxygen atoms in total. The molecule has 0 aliphatic rings. The number of carbonyl (C=O) groups is 1. The molecule has 0 saturated heterocycles. The van der Waals surface area contributed by atoms with Crippen LogP contribution in [0.5, 0.6) is 0 Å². The summed E-state index contributed by atoms with van der Waals surface area (Å²) in [6.07, 6.45) is 2.93. The highest BCUT2D eigenvalue weighted by Gasteiger charge is 2.24.